The lowest BCUT2D eigenvalue weighted by molar-refractivity contribution is -0.143. The van der Waals surface area contributed by atoms with Crippen molar-refractivity contribution in [1.29, 1.82) is 0 Å². The molecule has 200 valence electrons. The fourth-order valence-electron chi connectivity index (χ4n) is 4.37. The minimum Gasteiger partial charge on any atom is -0.492 e. The second-order valence-electron chi connectivity index (χ2n) is 9.40. The highest BCUT2D eigenvalue weighted by atomic mass is 32.2. The number of halogens is 3. The number of carboxylic acid groups (broad SMARTS) is 1. The van der Waals surface area contributed by atoms with Crippen molar-refractivity contribution in [3.63, 3.8) is 0 Å². The summed E-state index contributed by atoms with van der Waals surface area (Å²) in [6, 6.07) is 13.7. The van der Waals surface area contributed by atoms with Gasteiger partial charge in [0.1, 0.15) is 18.4 Å². The molecule has 5 nitrogen and oxygen atoms in total. The maximum absolute atomic E-state index is 13.5. The molecule has 0 spiro atoms. The molecule has 2 N–H and O–H groups in total. The number of nitrogens with one attached hydrogen (secondary N) is 1. The van der Waals surface area contributed by atoms with Crippen molar-refractivity contribution in [1.82, 2.24) is 5.32 Å². The van der Waals surface area contributed by atoms with Crippen molar-refractivity contribution in [3.8, 4) is 0 Å². The van der Waals surface area contributed by atoms with Crippen molar-refractivity contribution in [2.45, 2.75) is 47.6 Å². The number of aliphatic carboxylic acids is 1. The third-order valence-electron chi connectivity index (χ3n) is 6.45. The number of carbonyl (C=O) groups is 2. The van der Waals surface area contributed by atoms with Gasteiger partial charge < -0.3 is 15.2 Å². The number of hydrogen-bond donors (Lipinski definition) is 2. The van der Waals surface area contributed by atoms with E-state index in [4.69, 9.17) is 4.74 Å². The monoisotopic (exact) mass is 561 g/mol. The molecule has 2 aromatic rings. The van der Waals surface area contributed by atoms with E-state index in [1.165, 1.54) is 12.1 Å². The Morgan fingerprint density at radius 2 is 1.76 bits per heavy atom. The molecule has 0 fully saturated rings. The number of rotatable bonds is 9. The summed E-state index contributed by atoms with van der Waals surface area (Å²) in [6.45, 7) is 3.56. The van der Waals surface area contributed by atoms with E-state index >= 15 is 0 Å². The first-order valence-corrected chi connectivity index (χ1v) is 13.5. The Bertz CT molecular complexity index is 1270. The van der Waals surface area contributed by atoms with E-state index < -0.39 is 28.8 Å². The van der Waals surface area contributed by atoms with Crippen LogP contribution in [0, 0.1) is 5.92 Å². The topological polar surface area (TPSA) is 75.6 Å². The van der Waals surface area contributed by atoms with Crippen LogP contribution in [-0.4, -0.2) is 33.8 Å². The molecule has 0 saturated heterocycles. The normalized spacial score (nSPS) is 19.7. The van der Waals surface area contributed by atoms with Crippen LogP contribution in [-0.2, 0) is 26.3 Å². The van der Waals surface area contributed by atoms with Crippen LogP contribution in [0.25, 0.3) is 0 Å². The van der Waals surface area contributed by atoms with Crippen LogP contribution in [0.5, 0.6) is 0 Å². The number of allylic oxidation sites excluding steroid dienone is 1. The van der Waals surface area contributed by atoms with Gasteiger partial charge in [-0.3, -0.25) is 4.79 Å². The van der Waals surface area contributed by atoms with Gasteiger partial charge in [0, 0.05) is 15.6 Å². The van der Waals surface area contributed by atoms with Crippen LogP contribution in [0.3, 0.4) is 0 Å². The van der Waals surface area contributed by atoms with Gasteiger partial charge in [0.2, 0.25) is 0 Å². The van der Waals surface area contributed by atoms with Crippen LogP contribution < -0.4 is 5.32 Å². The Labute approximate surface area is 227 Å². The Kier molecular flexibility index (Phi) is 8.32. The summed E-state index contributed by atoms with van der Waals surface area (Å²) in [5, 5.41) is 14.7. The van der Waals surface area contributed by atoms with Crippen molar-refractivity contribution in [3.05, 3.63) is 101 Å². The second kappa shape index (κ2) is 11.3. The molecule has 0 aromatic heterocycles. The average Bonchev–Trinajstić information content (AvgIpc) is 3.35. The molecule has 1 aliphatic carbocycles. The molecule has 0 saturated carbocycles. The number of amides is 1. The predicted octanol–water partition coefficient (Wildman–Crippen LogP) is 6.43. The summed E-state index contributed by atoms with van der Waals surface area (Å²) >= 11 is 1.38. The first-order chi connectivity index (χ1) is 18.0. The third kappa shape index (κ3) is 6.47. The maximum atomic E-state index is 13.5. The molecule has 3 atom stereocenters. The Balaban J connectivity index is 1.56. The fraction of sp³-hybridized carbons (Fsp3) is 0.286. The standard InChI is InChI=1S/C28H26F3NO4S2/c1-27(2,18-6-4-3-5-7-18)24(26(34)35)32-25(33)21-12-13-22-20(14-15-37-22)23(21)36-16-17-8-10-19(11-9-17)38-28(29,30)31/h3-15,20,22,24H,16H2,1-2H3,(H,32,33)(H,34,35). The summed E-state index contributed by atoms with van der Waals surface area (Å²) in [7, 11) is 0. The van der Waals surface area contributed by atoms with E-state index in [1.807, 2.05) is 47.9 Å². The summed E-state index contributed by atoms with van der Waals surface area (Å²) in [5.41, 5.74) is -3.66. The minimum atomic E-state index is -4.37. The van der Waals surface area contributed by atoms with Gasteiger partial charge in [-0.05, 0) is 46.5 Å². The van der Waals surface area contributed by atoms with Gasteiger partial charge in [-0.15, -0.1) is 11.8 Å². The van der Waals surface area contributed by atoms with Gasteiger partial charge in [-0.25, -0.2) is 4.79 Å². The molecule has 0 bridgehead atoms. The van der Waals surface area contributed by atoms with E-state index in [1.54, 1.807) is 43.8 Å². The van der Waals surface area contributed by atoms with Gasteiger partial charge in [0.05, 0.1) is 11.5 Å². The summed E-state index contributed by atoms with van der Waals surface area (Å²) in [6.07, 6.45) is 5.45. The Morgan fingerprint density at radius 3 is 2.39 bits per heavy atom. The second-order valence-corrected chi connectivity index (χ2v) is 11.6. The van der Waals surface area contributed by atoms with Gasteiger partial charge >= 0.3 is 11.5 Å². The highest BCUT2D eigenvalue weighted by Gasteiger charge is 2.40. The molecule has 3 unspecified atom stereocenters. The highest BCUT2D eigenvalue weighted by molar-refractivity contribution is 8.03. The lowest BCUT2D eigenvalue weighted by Gasteiger charge is -2.33. The lowest BCUT2D eigenvalue weighted by atomic mass is 9.77. The number of carbonyl (C=O) groups excluding carboxylic acids is 1. The van der Waals surface area contributed by atoms with Crippen molar-refractivity contribution in [2.75, 3.05) is 0 Å². The molecule has 38 heavy (non-hydrogen) atoms. The van der Waals surface area contributed by atoms with E-state index in [0.717, 1.165) is 5.56 Å². The van der Waals surface area contributed by atoms with Crippen LogP contribution in [0.1, 0.15) is 25.0 Å². The molecule has 0 radical (unpaired) electrons. The molecule has 1 aliphatic heterocycles. The lowest BCUT2D eigenvalue weighted by Crippen LogP contribution is -2.53. The average molecular weight is 562 g/mol. The molecule has 1 amide bonds. The summed E-state index contributed by atoms with van der Waals surface area (Å²) in [5.74, 6) is -1.57. The zero-order chi connectivity index (χ0) is 27.5. The van der Waals surface area contributed by atoms with E-state index in [2.05, 4.69) is 5.32 Å². The van der Waals surface area contributed by atoms with E-state index in [0.29, 0.717) is 11.3 Å². The van der Waals surface area contributed by atoms with Crippen LogP contribution >= 0.6 is 23.5 Å². The molecule has 10 heteroatoms. The van der Waals surface area contributed by atoms with Gasteiger partial charge in [0.15, 0.2) is 0 Å². The predicted molar refractivity (Wildman–Crippen MR) is 142 cm³/mol. The zero-order valence-corrected chi connectivity index (χ0v) is 22.2. The number of fused-ring (bicyclic) bond motifs is 1. The first kappa shape index (κ1) is 27.9. The largest absolute Gasteiger partial charge is 0.492 e. The SMILES string of the molecule is CC(C)(c1ccccc1)C(NC(=O)C1=C(OCc2ccc(SC(F)(F)F)cc2)C2C=CSC2C=C1)C(=O)O. The Hall–Kier alpha value is -3.11. The minimum absolute atomic E-state index is 0.0307. The first-order valence-electron chi connectivity index (χ1n) is 11.8. The zero-order valence-electron chi connectivity index (χ0n) is 20.6. The molecular weight excluding hydrogens is 535 g/mol. The van der Waals surface area contributed by atoms with Crippen molar-refractivity contribution < 1.29 is 32.6 Å². The van der Waals surface area contributed by atoms with Crippen LogP contribution in [0.15, 0.2) is 94.5 Å². The van der Waals surface area contributed by atoms with Gasteiger partial charge in [0.25, 0.3) is 5.91 Å². The number of hydrogen-bond acceptors (Lipinski definition) is 5. The molecule has 2 aromatic carbocycles. The molecule has 4 rings (SSSR count). The van der Waals surface area contributed by atoms with E-state index in [9.17, 15) is 27.9 Å². The smallest absolute Gasteiger partial charge is 0.446 e. The van der Waals surface area contributed by atoms with Crippen LogP contribution in [0.4, 0.5) is 13.2 Å². The number of thioether (sulfide) groups is 2. The highest BCUT2D eigenvalue weighted by Crippen LogP contribution is 2.41. The third-order valence-corrected chi connectivity index (χ3v) is 8.27. The quantitative estimate of drug-likeness (QED) is 0.344. The number of benzene rings is 2. The van der Waals surface area contributed by atoms with Gasteiger partial charge in [-0.1, -0.05) is 68.5 Å². The van der Waals surface area contributed by atoms with Gasteiger partial charge in [-0.2, -0.15) is 13.2 Å². The van der Waals surface area contributed by atoms with Crippen molar-refractivity contribution >= 4 is 35.4 Å². The Morgan fingerprint density at radius 1 is 1.08 bits per heavy atom. The number of carboxylic acids is 1. The fourth-order valence-corrected chi connectivity index (χ4v) is 5.91. The van der Waals surface area contributed by atoms with Crippen molar-refractivity contribution in [2.24, 2.45) is 5.92 Å². The number of alkyl halides is 3. The number of ether oxygens (including phenoxy) is 1. The summed E-state index contributed by atoms with van der Waals surface area (Å²) < 4.78 is 44.0. The van der Waals surface area contributed by atoms with Crippen LogP contribution in [0.2, 0.25) is 0 Å². The van der Waals surface area contributed by atoms with E-state index in [-0.39, 0.29) is 40.0 Å². The summed E-state index contributed by atoms with van der Waals surface area (Å²) in [4.78, 5) is 25.8. The molecular formula is C28H26F3NO4S2. The molecule has 1 heterocycles. The maximum Gasteiger partial charge on any atom is 0.446 e. The molecule has 2 aliphatic rings.